The minimum atomic E-state index is -5.08. The molecule has 2 atom stereocenters. The molecule has 2 aromatic rings. The summed E-state index contributed by atoms with van der Waals surface area (Å²) in [5.74, 6) is -2.25. The van der Waals surface area contributed by atoms with Crippen molar-refractivity contribution in [1.82, 2.24) is 20.2 Å². The van der Waals surface area contributed by atoms with E-state index < -0.39 is 12.1 Å². The smallest absolute Gasteiger partial charge is 0.475 e. The van der Waals surface area contributed by atoms with E-state index in [-0.39, 0.29) is 11.9 Å². The van der Waals surface area contributed by atoms with Gasteiger partial charge in [-0.15, -0.1) is 0 Å². The number of aromatic nitrogens is 2. The summed E-state index contributed by atoms with van der Waals surface area (Å²) in [6.07, 6.45) is -2.44. The Morgan fingerprint density at radius 2 is 2.12 bits per heavy atom. The van der Waals surface area contributed by atoms with Gasteiger partial charge in [0.1, 0.15) is 5.69 Å². The monoisotopic (exact) mass is 472 g/mol. The first-order valence-corrected chi connectivity index (χ1v) is 9.93. The molecule has 4 rings (SSSR count). The summed E-state index contributed by atoms with van der Waals surface area (Å²) in [5.41, 5.74) is 2.19. The van der Waals surface area contributed by atoms with E-state index in [0.717, 1.165) is 24.1 Å². The number of alkyl halides is 3. The summed E-state index contributed by atoms with van der Waals surface area (Å²) >= 11 is 6.04. The summed E-state index contributed by atoms with van der Waals surface area (Å²) in [6, 6.07) is 7.80. The molecule has 0 radical (unpaired) electrons. The predicted molar refractivity (Wildman–Crippen MR) is 108 cm³/mol. The number of nitrogens with zero attached hydrogens (tertiary/aromatic N) is 3. The fourth-order valence-electron chi connectivity index (χ4n) is 3.52. The minimum Gasteiger partial charge on any atom is -0.475 e. The van der Waals surface area contributed by atoms with E-state index in [1.807, 2.05) is 17.0 Å². The van der Waals surface area contributed by atoms with Crippen LogP contribution in [0, 0.1) is 0 Å². The number of benzene rings is 1. The average molecular weight is 473 g/mol. The number of carboxylic acids is 1. The second-order valence-electron chi connectivity index (χ2n) is 7.26. The largest absolute Gasteiger partial charge is 0.490 e. The van der Waals surface area contributed by atoms with Gasteiger partial charge in [-0.3, -0.25) is 4.79 Å². The lowest BCUT2D eigenvalue weighted by molar-refractivity contribution is -0.192. The third-order valence-electron chi connectivity index (χ3n) is 5.00. The van der Waals surface area contributed by atoms with E-state index in [1.165, 1.54) is 0 Å². The Hall–Kier alpha value is -2.76. The van der Waals surface area contributed by atoms with Crippen LogP contribution in [-0.4, -0.2) is 70.4 Å². The van der Waals surface area contributed by atoms with Gasteiger partial charge in [-0.2, -0.15) is 13.2 Å². The number of carboxylic acid groups (broad SMARTS) is 1. The quantitative estimate of drug-likeness (QED) is 0.705. The molecule has 1 aromatic carbocycles. The van der Waals surface area contributed by atoms with Crippen LogP contribution in [-0.2, 0) is 16.1 Å². The van der Waals surface area contributed by atoms with Gasteiger partial charge in [-0.05, 0) is 18.6 Å². The number of amides is 1. The van der Waals surface area contributed by atoms with Crippen molar-refractivity contribution in [3.8, 4) is 11.4 Å². The highest BCUT2D eigenvalue weighted by molar-refractivity contribution is 6.30. The lowest BCUT2D eigenvalue weighted by Gasteiger charge is -2.22. The molecule has 1 saturated heterocycles. The Kier molecular flexibility index (Phi) is 7.32. The van der Waals surface area contributed by atoms with Gasteiger partial charge in [-0.25, -0.2) is 14.8 Å². The van der Waals surface area contributed by atoms with Gasteiger partial charge >= 0.3 is 12.1 Å². The van der Waals surface area contributed by atoms with Gasteiger partial charge in [0, 0.05) is 48.1 Å². The Morgan fingerprint density at radius 1 is 1.41 bits per heavy atom. The van der Waals surface area contributed by atoms with Crippen molar-refractivity contribution in [3.05, 3.63) is 46.7 Å². The Balaban J connectivity index is 0.000000360. The third-order valence-corrected chi connectivity index (χ3v) is 5.24. The van der Waals surface area contributed by atoms with Gasteiger partial charge in [0.25, 0.3) is 5.91 Å². The number of rotatable bonds is 4. The summed E-state index contributed by atoms with van der Waals surface area (Å²) in [7, 11) is 1.69. The molecule has 32 heavy (non-hydrogen) atoms. The van der Waals surface area contributed by atoms with Crippen LogP contribution in [0.5, 0.6) is 0 Å². The Morgan fingerprint density at radius 3 is 2.75 bits per heavy atom. The lowest BCUT2D eigenvalue weighted by atomic mass is 10.1. The molecule has 0 spiro atoms. The minimum absolute atomic E-state index is 0.0226. The first-order chi connectivity index (χ1) is 15.1. The van der Waals surface area contributed by atoms with Gasteiger partial charge in [0.15, 0.2) is 5.82 Å². The highest BCUT2D eigenvalue weighted by Crippen LogP contribution is 2.28. The number of carbonyl (C=O) groups is 2. The number of carbonyl (C=O) groups excluding carboxylic acids is 1. The van der Waals surface area contributed by atoms with Crippen LogP contribution in [0.25, 0.3) is 11.4 Å². The fourth-order valence-corrected chi connectivity index (χ4v) is 3.71. The van der Waals surface area contributed by atoms with Gasteiger partial charge < -0.3 is 20.1 Å². The van der Waals surface area contributed by atoms with Crippen molar-refractivity contribution >= 4 is 23.5 Å². The van der Waals surface area contributed by atoms with Crippen molar-refractivity contribution in [2.75, 3.05) is 20.3 Å². The van der Waals surface area contributed by atoms with E-state index in [2.05, 4.69) is 15.3 Å². The van der Waals surface area contributed by atoms with Crippen molar-refractivity contribution in [2.24, 2.45) is 0 Å². The third kappa shape index (κ3) is 5.53. The standard InChI is InChI=1S/C18H19ClN4O2.C2HF3O2/c1-25-10-14-6-15(8-20-14)23-9-12-7-21-17(22-16(12)18(23)24)11-3-2-4-13(19)5-11;3-2(4,5)1(6)7/h2-5,7,14-15,20H,6,8-10H2,1H3;(H,6,7)/t14-,15+;/m0./s1. The molecule has 2 aliphatic rings. The molecule has 2 N–H and O–H groups in total. The molecule has 0 unspecified atom stereocenters. The zero-order chi connectivity index (χ0) is 23.5. The summed E-state index contributed by atoms with van der Waals surface area (Å²) in [6.45, 7) is 2.00. The SMILES string of the molecule is COC[C@@H]1C[C@@H](N2Cc3cnc(-c4cccc(Cl)c4)nc3C2=O)CN1.O=C(O)C(F)(F)F. The van der Waals surface area contributed by atoms with Crippen molar-refractivity contribution in [3.63, 3.8) is 0 Å². The molecule has 12 heteroatoms. The van der Waals surface area contributed by atoms with Crippen molar-refractivity contribution < 1.29 is 32.6 Å². The topological polar surface area (TPSA) is 105 Å². The first kappa shape index (κ1) is 23.9. The number of aliphatic carboxylic acids is 1. The molecule has 1 fully saturated rings. The highest BCUT2D eigenvalue weighted by atomic mass is 35.5. The van der Waals surface area contributed by atoms with Crippen LogP contribution in [0.3, 0.4) is 0 Å². The Bertz CT molecular complexity index is 1010. The highest BCUT2D eigenvalue weighted by Gasteiger charge is 2.39. The van der Waals surface area contributed by atoms with Gasteiger partial charge in [0.05, 0.1) is 13.2 Å². The first-order valence-electron chi connectivity index (χ1n) is 9.55. The van der Waals surface area contributed by atoms with Crippen LogP contribution in [0.4, 0.5) is 13.2 Å². The molecule has 0 saturated carbocycles. The summed E-state index contributed by atoms with van der Waals surface area (Å²) in [4.78, 5) is 32.6. The molecule has 8 nitrogen and oxygen atoms in total. The summed E-state index contributed by atoms with van der Waals surface area (Å²) in [5, 5.41) is 11.2. The van der Waals surface area contributed by atoms with E-state index in [0.29, 0.717) is 35.7 Å². The molecule has 2 aliphatic heterocycles. The number of fused-ring (bicyclic) bond motifs is 1. The van der Waals surface area contributed by atoms with Crippen LogP contribution in [0.15, 0.2) is 30.5 Å². The Labute approximate surface area is 186 Å². The number of methoxy groups -OCH3 is 1. The zero-order valence-electron chi connectivity index (χ0n) is 16.9. The molecule has 3 heterocycles. The number of halogens is 4. The normalized spacial score (nSPS) is 20.0. The van der Waals surface area contributed by atoms with Crippen LogP contribution in [0.2, 0.25) is 5.02 Å². The van der Waals surface area contributed by atoms with Crippen molar-refractivity contribution in [1.29, 1.82) is 0 Å². The average Bonchev–Trinajstić information content (AvgIpc) is 3.32. The maximum atomic E-state index is 12.8. The number of hydrogen-bond donors (Lipinski definition) is 2. The van der Waals surface area contributed by atoms with Crippen LogP contribution in [0.1, 0.15) is 22.5 Å². The second kappa shape index (κ2) is 9.80. The lowest BCUT2D eigenvalue weighted by Crippen LogP contribution is -2.37. The molecular formula is C20H20ClF3N4O4. The van der Waals surface area contributed by atoms with E-state index >= 15 is 0 Å². The van der Waals surface area contributed by atoms with E-state index in [1.54, 1.807) is 25.4 Å². The maximum Gasteiger partial charge on any atom is 0.490 e. The number of nitrogens with one attached hydrogen (secondary N) is 1. The number of ether oxygens (including phenoxy) is 1. The van der Waals surface area contributed by atoms with Gasteiger partial charge in [-0.1, -0.05) is 23.7 Å². The molecule has 172 valence electrons. The van der Waals surface area contributed by atoms with Crippen molar-refractivity contribution in [2.45, 2.75) is 31.2 Å². The molecule has 1 aromatic heterocycles. The molecule has 1 amide bonds. The number of hydrogen-bond acceptors (Lipinski definition) is 6. The second-order valence-corrected chi connectivity index (χ2v) is 7.70. The van der Waals surface area contributed by atoms with E-state index in [4.69, 9.17) is 26.2 Å². The van der Waals surface area contributed by atoms with Crippen LogP contribution < -0.4 is 5.32 Å². The van der Waals surface area contributed by atoms with E-state index in [9.17, 15) is 18.0 Å². The maximum absolute atomic E-state index is 12.8. The summed E-state index contributed by atoms with van der Waals surface area (Å²) < 4.78 is 36.9. The fraction of sp³-hybridized carbons (Fsp3) is 0.400. The molecule has 0 bridgehead atoms. The zero-order valence-corrected chi connectivity index (χ0v) is 17.7. The molecule has 0 aliphatic carbocycles. The van der Waals surface area contributed by atoms with Crippen LogP contribution >= 0.6 is 11.6 Å². The van der Waals surface area contributed by atoms with Gasteiger partial charge in [0.2, 0.25) is 0 Å². The predicted octanol–water partition coefficient (Wildman–Crippen LogP) is 2.76. The molecular weight excluding hydrogens is 453 g/mol.